The predicted octanol–water partition coefficient (Wildman–Crippen LogP) is 5.40. The summed E-state index contributed by atoms with van der Waals surface area (Å²) in [7, 11) is -1.14. The van der Waals surface area contributed by atoms with Gasteiger partial charge in [-0.25, -0.2) is 9.52 Å². The van der Waals surface area contributed by atoms with Crippen LogP contribution in [0.2, 0.25) is 0 Å². The average molecular weight is 750 g/mol. The van der Waals surface area contributed by atoms with Gasteiger partial charge in [0, 0.05) is 80.8 Å². The summed E-state index contributed by atoms with van der Waals surface area (Å²) in [6, 6.07) is 11.2. The third-order valence-corrected chi connectivity index (χ3v) is 13.0. The van der Waals surface area contributed by atoms with Crippen molar-refractivity contribution in [3.05, 3.63) is 53.1 Å². The van der Waals surface area contributed by atoms with Gasteiger partial charge >= 0.3 is 22.3 Å². The molecule has 0 spiro atoms. The zero-order chi connectivity index (χ0) is 37.9. The van der Waals surface area contributed by atoms with Crippen LogP contribution < -0.4 is 9.46 Å². The number of piperazine rings is 1. The molecule has 2 amide bonds. The SMILES string of the molecule is COc1ccc2c(c1)C1CC1(C(=O)O)Cn1c-2c(C2CCCCC2)c2ccc(C(=O)NS(=O)(=O)N(C)CCN3CCN(C(=O)OC(C)(C)C)CC3)cc21. The molecule has 7 rings (SSSR count). The highest BCUT2D eigenvalue weighted by Gasteiger charge is 2.63. The molecule has 4 aliphatic rings. The number of aromatic nitrogens is 1. The fourth-order valence-electron chi connectivity index (χ4n) is 8.56. The van der Waals surface area contributed by atoms with Gasteiger partial charge in [0.25, 0.3) is 5.91 Å². The summed E-state index contributed by atoms with van der Waals surface area (Å²) in [4.78, 5) is 42.8. The Balaban J connectivity index is 1.13. The maximum absolute atomic E-state index is 13.7. The minimum absolute atomic E-state index is 0.147. The number of methoxy groups -OCH3 is 1. The van der Waals surface area contributed by atoms with Gasteiger partial charge in [0.1, 0.15) is 11.4 Å². The van der Waals surface area contributed by atoms with E-state index in [-0.39, 0.29) is 36.6 Å². The highest BCUT2D eigenvalue weighted by molar-refractivity contribution is 7.87. The lowest BCUT2D eigenvalue weighted by Crippen LogP contribution is -2.52. The Hall–Kier alpha value is -4.14. The van der Waals surface area contributed by atoms with Gasteiger partial charge in [0.05, 0.1) is 18.2 Å². The number of carbonyl (C=O) groups is 3. The molecule has 3 aromatic rings. The van der Waals surface area contributed by atoms with E-state index < -0.39 is 33.1 Å². The lowest BCUT2D eigenvalue weighted by Gasteiger charge is -2.36. The van der Waals surface area contributed by atoms with Crippen LogP contribution >= 0.6 is 0 Å². The van der Waals surface area contributed by atoms with E-state index in [0.29, 0.717) is 44.9 Å². The van der Waals surface area contributed by atoms with Crippen LogP contribution in [0.1, 0.15) is 92.6 Å². The van der Waals surface area contributed by atoms with Gasteiger partial charge in [0.2, 0.25) is 0 Å². The molecule has 2 N–H and O–H groups in total. The Morgan fingerprint density at radius 2 is 1.74 bits per heavy atom. The van der Waals surface area contributed by atoms with Gasteiger partial charge in [0.15, 0.2) is 0 Å². The zero-order valence-corrected chi connectivity index (χ0v) is 32.1. The number of nitrogens with one attached hydrogen (secondary N) is 1. The van der Waals surface area contributed by atoms with Gasteiger partial charge in [-0.15, -0.1) is 0 Å². The normalized spacial score (nSPS) is 22.1. The highest BCUT2D eigenvalue weighted by Crippen LogP contribution is 2.65. The number of hydrogen-bond acceptors (Lipinski definition) is 8. The molecule has 3 fully saturated rings. The molecule has 14 heteroatoms. The number of carboxylic acids is 1. The van der Waals surface area contributed by atoms with E-state index in [1.165, 1.54) is 19.0 Å². The van der Waals surface area contributed by atoms with Crippen molar-refractivity contribution in [2.24, 2.45) is 5.41 Å². The number of fused-ring (bicyclic) bond motifs is 7. The molecule has 2 aliphatic carbocycles. The standard InChI is InChI=1S/C39H51N5O8S/c1-38(2,3)52-37(48)43-19-17-42(18-20-43)16-15-41(4)53(49,50)40-35(45)26-11-13-29-32(21-26)44-24-39(36(46)47)23-31(39)30-22-27(51-5)12-14-28(30)34(44)33(29)25-9-7-6-8-10-25/h11-14,21-22,25,31H,6-10,15-20,23-24H2,1-5H3,(H,40,45)(H,46,47). The summed E-state index contributed by atoms with van der Waals surface area (Å²) in [6.45, 7) is 8.41. The van der Waals surface area contributed by atoms with Crippen molar-refractivity contribution in [2.75, 3.05) is 53.4 Å². The number of hydrogen-bond donors (Lipinski definition) is 2. The Morgan fingerprint density at radius 1 is 1.02 bits per heavy atom. The number of amides is 2. The molecule has 2 aromatic carbocycles. The second kappa shape index (κ2) is 13.9. The quantitative estimate of drug-likeness (QED) is 0.293. The Morgan fingerprint density at radius 3 is 2.40 bits per heavy atom. The fraction of sp³-hybridized carbons (Fsp3) is 0.564. The maximum atomic E-state index is 13.7. The smallest absolute Gasteiger partial charge is 0.410 e. The van der Waals surface area contributed by atoms with Crippen LogP contribution in [0, 0.1) is 5.41 Å². The topological polar surface area (TPSA) is 151 Å². The molecule has 0 radical (unpaired) electrons. The number of nitrogens with zero attached hydrogens (tertiary/aromatic N) is 4. The summed E-state index contributed by atoms with van der Waals surface area (Å²) in [5, 5.41) is 11.6. The van der Waals surface area contributed by atoms with Crippen LogP contribution in [0.3, 0.4) is 0 Å². The third-order valence-electron chi connectivity index (χ3n) is 11.6. The average Bonchev–Trinajstić information content (AvgIpc) is 3.80. The number of likely N-dealkylation sites (N-methyl/N-ethyl adjacent to an activating group) is 1. The molecule has 286 valence electrons. The largest absolute Gasteiger partial charge is 0.497 e. The lowest BCUT2D eigenvalue weighted by molar-refractivity contribution is -0.144. The van der Waals surface area contributed by atoms with Crippen molar-refractivity contribution in [1.82, 2.24) is 23.4 Å². The number of carbonyl (C=O) groups excluding carboxylic acids is 2. The first-order valence-electron chi connectivity index (χ1n) is 18.7. The van der Waals surface area contributed by atoms with Crippen LogP contribution in [-0.4, -0.2) is 109 Å². The Kier molecular flexibility index (Phi) is 9.77. The molecule has 2 saturated carbocycles. The third kappa shape index (κ3) is 7.12. The van der Waals surface area contributed by atoms with E-state index in [9.17, 15) is 27.9 Å². The summed E-state index contributed by atoms with van der Waals surface area (Å²) in [5.41, 5.74) is 3.49. The van der Waals surface area contributed by atoms with Crippen molar-refractivity contribution >= 4 is 39.1 Å². The zero-order valence-electron chi connectivity index (χ0n) is 31.3. The van der Waals surface area contributed by atoms with E-state index >= 15 is 0 Å². The molecule has 2 atom stereocenters. The molecule has 13 nitrogen and oxygen atoms in total. The first kappa shape index (κ1) is 37.2. The van der Waals surface area contributed by atoms with Crippen molar-refractivity contribution in [2.45, 2.75) is 83.3 Å². The minimum Gasteiger partial charge on any atom is -0.497 e. The van der Waals surface area contributed by atoms with Crippen molar-refractivity contribution in [3.8, 4) is 17.0 Å². The number of aliphatic carboxylic acids is 1. The molecule has 2 unspecified atom stereocenters. The minimum atomic E-state index is -4.18. The van der Waals surface area contributed by atoms with E-state index in [1.54, 1.807) is 24.1 Å². The molecular formula is C39H51N5O8S. The van der Waals surface area contributed by atoms with E-state index in [4.69, 9.17) is 9.47 Å². The highest BCUT2D eigenvalue weighted by atomic mass is 32.2. The van der Waals surface area contributed by atoms with E-state index in [0.717, 1.165) is 57.7 Å². The monoisotopic (exact) mass is 749 g/mol. The number of rotatable bonds is 9. The predicted molar refractivity (Wildman–Crippen MR) is 200 cm³/mol. The molecule has 1 saturated heterocycles. The van der Waals surface area contributed by atoms with Crippen LogP contribution in [0.25, 0.3) is 22.2 Å². The summed E-state index contributed by atoms with van der Waals surface area (Å²) < 4.78 is 43.3. The maximum Gasteiger partial charge on any atom is 0.410 e. The molecule has 1 aromatic heterocycles. The lowest BCUT2D eigenvalue weighted by atomic mass is 9.81. The van der Waals surface area contributed by atoms with Crippen molar-refractivity contribution in [1.29, 1.82) is 0 Å². The molecule has 53 heavy (non-hydrogen) atoms. The number of ether oxygens (including phenoxy) is 2. The summed E-state index contributed by atoms with van der Waals surface area (Å²) in [5.74, 6) is -0.805. The molecule has 2 aliphatic heterocycles. The van der Waals surface area contributed by atoms with Gasteiger partial charge in [-0.1, -0.05) is 25.3 Å². The van der Waals surface area contributed by atoms with Crippen LogP contribution in [0.5, 0.6) is 5.75 Å². The van der Waals surface area contributed by atoms with Gasteiger partial charge in [-0.05, 0) is 87.4 Å². The van der Waals surface area contributed by atoms with Crippen LogP contribution in [-0.2, 0) is 26.3 Å². The van der Waals surface area contributed by atoms with E-state index in [2.05, 4.69) is 14.2 Å². The van der Waals surface area contributed by atoms with Crippen molar-refractivity contribution < 1.29 is 37.4 Å². The first-order valence-corrected chi connectivity index (χ1v) is 20.1. The summed E-state index contributed by atoms with van der Waals surface area (Å²) in [6.07, 6.45) is 5.60. The van der Waals surface area contributed by atoms with Crippen LogP contribution in [0.15, 0.2) is 36.4 Å². The van der Waals surface area contributed by atoms with Gasteiger partial charge < -0.3 is 24.0 Å². The molecule has 3 heterocycles. The Bertz CT molecular complexity index is 2040. The second-order valence-corrected chi connectivity index (χ2v) is 17.9. The molecule has 0 bridgehead atoms. The van der Waals surface area contributed by atoms with Gasteiger partial charge in [-0.3, -0.25) is 14.5 Å². The van der Waals surface area contributed by atoms with E-state index in [1.807, 2.05) is 45.0 Å². The van der Waals surface area contributed by atoms with Crippen LogP contribution in [0.4, 0.5) is 4.79 Å². The fourth-order valence-corrected chi connectivity index (χ4v) is 9.39. The number of carboxylic acid groups (broad SMARTS) is 1. The van der Waals surface area contributed by atoms with Gasteiger partial charge in [-0.2, -0.15) is 12.7 Å². The summed E-state index contributed by atoms with van der Waals surface area (Å²) >= 11 is 0. The molecular weight excluding hydrogens is 699 g/mol. The Labute approximate surface area is 311 Å². The second-order valence-electron chi connectivity index (χ2n) is 16.2. The number of benzene rings is 2. The first-order chi connectivity index (χ1) is 25.1. The van der Waals surface area contributed by atoms with Crippen molar-refractivity contribution in [3.63, 3.8) is 0 Å².